The first-order chi connectivity index (χ1) is 16.1. The molecule has 0 N–H and O–H groups in total. The summed E-state index contributed by atoms with van der Waals surface area (Å²) in [6.45, 7) is 6.01. The molecular formula is C31H38F2. The number of rotatable bonds is 8. The molecule has 2 unspecified atom stereocenters. The molecule has 0 spiro atoms. The van der Waals surface area contributed by atoms with Crippen LogP contribution in [0.4, 0.5) is 8.78 Å². The zero-order chi connectivity index (χ0) is 23.2. The molecule has 0 amide bonds. The van der Waals surface area contributed by atoms with E-state index < -0.39 is 11.6 Å². The predicted octanol–water partition coefficient (Wildman–Crippen LogP) is 9.37. The van der Waals surface area contributed by atoms with Gasteiger partial charge in [-0.3, -0.25) is 0 Å². The van der Waals surface area contributed by atoms with Crippen molar-refractivity contribution in [2.24, 2.45) is 5.92 Å². The zero-order valence-corrected chi connectivity index (χ0v) is 20.0. The summed E-state index contributed by atoms with van der Waals surface area (Å²) < 4.78 is 30.3. The first-order valence-electron chi connectivity index (χ1n) is 13.0. The normalized spacial score (nSPS) is 25.2. The summed E-state index contributed by atoms with van der Waals surface area (Å²) in [5, 5.41) is 0. The van der Waals surface area contributed by atoms with Crippen LogP contribution in [0.2, 0.25) is 0 Å². The van der Waals surface area contributed by atoms with Crippen LogP contribution in [0.3, 0.4) is 0 Å². The summed E-state index contributed by atoms with van der Waals surface area (Å²) in [4.78, 5) is 0. The van der Waals surface area contributed by atoms with Crippen molar-refractivity contribution in [3.63, 3.8) is 0 Å². The van der Waals surface area contributed by atoms with E-state index in [1.807, 2.05) is 18.2 Å². The molecule has 0 radical (unpaired) electrons. The second kappa shape index (κ2) is 11.3. The zero-order valence-electron chi connectivity index (χ0n) is 20.0. The molecule has 0 aliphatic heterocycles. The highest BCUT2D eigenvalue weighted by Crippen LogP contribution is 2.41. The van der Waals surface area contributed by atoms with Crippen LogP contribution in [0.25, 0.3) is 0 Å². The van der Waals surface area contributed by atoms with Crippen molar-refractivity contribution in [2.75, 3.05) is 0 Å². The molecule has 33 heavy (non-hydrogen) atoms. The third kappa shape index (κ3) is 5.65. The number of benzene rings is 2. The van der Waals surface area contributed by atoms with E-state index >= 15 is 8.78 Å². The Morgan fingerprint density at radius 2 is 1.45 bits per heavy atom. The van der Waals surface area contributed by atoms with Crippen molar-refractivity contribution in [3.05, 3.63) is 95.1 Å². The van der Waals surface area contributed by atoms with E-state index in [0.717, 1.165) is 57.3 Å². The van der Waals surface area contributed by atoms with Gasteiger partial charge in [0.15, 0.2) is 11.6 Å². The lowest BCUT2D eigenvalue weighted by Gasteiger charge is -2.29. The molecule has 2 aromatic carbocycles. The lowest BCUT2D eigenvalue weighted by Crippen LogP contribution is -2.16. The van der Waals surface area contributed by atoms with Crippen LogP contribution in [0.5, 0.6) is 0 Å². The molecule has 0 saturated heterocycles. The fourth-order valence-corrected chi connectivity index (χ4v) is 5.91. The van der Waals surface area contributed by atoms with E-state index in [-0.39, 0.29) is 11.8 Å². The summed E-state index contributed by atoms with van der Waals surface area (Å²) in [6.07, 6.45) is 16.8. The second-order valence-electron chi connectivity index (χ2n) is 10.1. The summed E-state index contributed by atoms with van der Waals surface area (Å²) in [7, 11) is 0. The van der Waals surface area contributed by atoms with Crippen LogP contribution in [0, 0.1) is 17.6 Å². The van der Waals surface area contributed by atoms with Gasteiger partial charge in [-0.2, -0.15) is 0 Å². The van der Waals surface area contributed by atoms with E-state index in [4.69, 9.17) is 0 Å². The molecule has 2 aliphatic rings. The number of aryl methyl sites for hydroxylation is 1. The molecule has 0 heterocycles. The molecular weight excluding hydrogens is 410 g/mol. The largest absolute Gasteiger partial charge is 0.203 e. The molecule has 4 rings (SSSR count). The number of hydrogen-bond acceptors (Lipinski definition) is 0. The van der Waals surface area contributed by atoms with Crippen molar-refractivity contribution >= 4 is 0 Å². The van der Waals surface area contributed by atoms with Crippen LogP contribution in [-0.4, -0.2) is 0 Å². The summed E-state index contributed by atoms with van der Waals surface area (Å²) in [5.41, 5.74) is 3.74. The first-order valence-corrected chi connectivity index (χ1v) is 13.0. The van der Waals surface area contributed by atoms with Crippen LogP contribution in [0.15, 0.2) is 61.2 Å². The van der Waals surface area contributed by atoms with E-state index in [9.17, 15) is 0 Å². The maximum absolute atomic E-state index is 15.1. The van der Waals surface area contributed by atoms with Gasteiger partial charge < -0.3 is 0 Å². The molecule has 2 atom stereocenters. The second-order valence-corrected chi connectivity index (χ2v) is 10.1. The summed E-state index contributed by atoms with van der Waals surface area (Å²) in [6, 6.07) is 12.5. The Balaban J connectivity index is 1.42. The van der Waals surface area contributed by atoms with Crippen molar-refractivity contribution in [1.29, 1.82) is 0 Å². The third-order valence-electron chi connectivity index (χ3n) is 7.93. The molecule has 2 aromatic rings. The maximum Gasteiger partial charge on any atom is 0.162 e. The number of allylic oxidation sites excluding steroid dienone is 3. The smallest absolute Gasteiger partial charge is 0.162 e. The first kappa shape index (κ1) is 23.9. The van der Waals surface area contributed by atoms with E-state index in [1.54, 1.807) is 0 Å². The summed E-state index contributed by atoms with van der Waals surface area (Å²) in [5.74, 6) is 0.0153. The van der Waals surface area contributed by atoms with Crippen LogP contribution < -0.4 is 0 Å². The van der Waals surface area contributed by atoms with Gasteiger partial charge in [-0.25, -0.2) is 8.78 Å². The van der Waals surface area contributed by atoms with E-state index in [2.05, 4.69) is 49.9 Å². The molecule has 0 nitrogen and oxygen atoms in total. The molecule has 0 bridgehead atoms. The van der Waals surface area contributed by atoms with E-state index in [0.29, 0.717) is 17.0 Å². The maximum atomic E-state index is 15.1. The molecule has 176 valence electrons. The molecule has 0 aromatic heterocycles. The van der Waals surface area contributed by atoms with Gasteiger partial charge in [0.2, 0.25) is 0 Å². The minimum absolute atomic E-state index is 0.0445. The van der Waals surface area contributed by atoms with Crippen molar-refractivity contribution in [2.45, 2.75) is 88.9 Å². The van der Waals surface area contributed by atoms with Gasteiger partial charge in [-0.15, -0.1) is 6.58 Å². The number of halogens is 2. The van der Waals surface area contributed by atoms with Gasteiger partial charge in [0, 0.05) is 11.8 Å². The fourth-order valence-electron chi connectivity index (χ4n) is 5.91. The SMILES string of the molecule is C=CCCc1ccc(C2C=CC(c3ccc(C4CCC(CCC)CC4)c(F)c3F)CC2)cc1. The lowest BCUT2D eigenvalue weighted by atomic mass is 9.76. The van der Waals surface area contributed by atoms with E-state index in [1.165, 1.54) is 24.0 Å². The highest BCUT2D eigenvalue weighted by Gasteiger charge is 2.28. The van der Waals surface area contributed by atoms with Crippen molar-refractivity contribution in [3.8, 4) is 0 Å². The summed E-state index contributed by atoms with van der Waals surface area (Å²) >= 11 is 0. The Morgan fingerprint density at radius 3 is 2.09 bits per heavy atom. The minimum atomic E-state index is -0.622. The van der Waals surface area contributed by atoms with Gasteiger partial charge in [0.25, 0.3) is 0 Å². The fraction of sp³-hybridized carbons (Fsp3) is 0.484. The van der Waals surface area contributed by atoms with Crippen LogP contribution >= 0.6 is 0 Å². The Hall–Kier alpha value is -2.22. The Morgan fingerprint density at radius 1 is 0.818 bits per heavy atom. The predicted molar refractivity (Wildman–Crippen MR) is 135 cm³/mol. The average Bonchev–Trinajstić information content (AvgIpc) is 2.86. The molecule has 1 fully saturated rings. The van der Waals surface area contributed by atoms with Crippen LogP contribution in [0.1, 0.15) is 105 Å². The lowest BCUT2D eigenvalue weighted by molar-refractivity contribution is 0.302. The Kier molecular flexibility index (Phi) is 8.17. The van der Waals surface area contributed by atoms with Gasteiger partial charge in [0.05, 0.1) is 0 Å². The van der Waals surface area contributed by atoms with Crippen LogP contribution in [-0.2, 0) is 6.42 Å². The molecule has 1 saturated carbocycles. The third-order valence-corrected chi connectivity index (χ3v) is 7.93. The van der Waals surface area contributed by atoms with Gasteiger partial charge in [0.1, 0.15) is 0 Å². The standard InChI is InChI=1S/C31H38F2/c1-3-5-7-23-8-12-24(13-9-23)25-16-18-27(19-17-25)29-21-20-28(30(32)31(29)33)26-14-10-22(6-4-2)11-15-26/h3,8-9,12-13,16,18,20-22,25-27H,1,4-7,10-11,14-15,17,19H2,2H3. The van der Waals surface area contributed by atoms with Gasteiger partial charge in [-0.1, -0.05) is 74.4 Å². The monoisotopic (exact) mass is 448 g/mol. The highest BCUT2D eigenvalue weighted by atomic mass is 19.2. The van der Waals surface area contributed by atoms with Gasteiger partial charge >= 0.3 is 0 Å². The Labute approximate surface area is 198 Å². The molecule has 2 aliphatic carbocycles. The minimum Gasteiger partial charge on any atom is -0.203 e. The highest BCUT2D eigenvalue weighted by molar-refractivity contribution is 5.36. The quantitative estimate of drug-likeness (QED) is 0.353. The van der Waals surface area contributed by atoms with Gasteiger partial charge in [-0.05, 0) is 85.5 Å². The topological polar surface area (TPSA) is 0 Å². The van der Waals surface area contributed by atoms with Crippen molar-refractivity contribution in [1.82, 2.24) is 0 Å². The Bertz CT molecular complexity index is 948. The molecule has 2 heteroatoms. The van der Waals surface area contributed by atoms with Crippen molar-refractivity contribution < 1.29 is 8.78 Å². The number of hydrogen-bond donors (Lipinski definition) is 0. The average molecular weight is 449 g/mol.